The summed E-state index contributed by atoms with van der Waals surface area (Å²) in [6, 6.07) is 4.47. The average Bonchev–Trinajstić information content (AvgIpc) is 2.51. The third-order valence-corrected chi connectivity index (χ3v) is 3.32. The largest absolute Gasteiger partial charge is 0.225 e. The fourth-order valence-corrected chi connectivity index (χ4v) is 2.39. The summed E-state index contributed by atoms with van der Waals surface area (Å²) < 4.78 is 14.0. The maximum Gasteiger partial charge on any atom is 0.184 e. The minimum absolute atomic E-state index is 0.276. The van der Waals surface area contributed by atoms with Crippen LogP contribution < -0.4 is 0 Å². The number of hydrogen-bond donors (Lipinski definition) is 0. The topological polar surface area (TPSA) is 12.9 Å². The third-order valence-electron chi connectivity index (χ3n) is 1.68. The Morgan fingerprint density at radius 3 is 2.79 bits per heavy atom. The van der Waals surface area contributed by atoms with Crippen molar-refractivity contribution in [2.45, 2.75) is 0 Å². The minimum atomic E-state index is -0.276. The van der Waals surface area contributed by atoms with Crippen LogP contribution in [-0.4, -0.2) is 4.98 Å². The molecule has 2 aromatic rings. The predicted octanol–water partition coefficient (Wildman–Crippen LogP) is 4.37. The van der Waals surface area contributed by atoms with Gasteiger partial charge in [0.25, 0.3) is 0 Å². The molecule has 14 heavy (non-hydrogen) atoms. The van der Waals surface area contributed by atoms with E-state index in [4.69, 9.17) is 11.6 Å². The first kappa shape index (κ1) is 10.1. The summed E-state index contributed by atoms with van der Waals surface area (Å²) in [6.07, 6.45) is 0. The second-order valence-corrected chi connectivity index (χ2v) is 4.90. The lowest BCUT2D eigenvalue weighted by Crippen LogP contribution is -1.81. The van der Waals surface area contributed by atoms with Crippen molar-refractivity contribution in [3.8, 4) is 11.3 Å². The van der Waals surface area contributed by atoms with Gasteiger partial charge in [-0.3, -0.25) is 0 Å². The first-order chi connectivity index (χ1) is 6.66. The van der Waals surface area contributed by atoms with E-state index in [2.05, 4.69) is 20.9 Å². The van der Waals surface area contributed by atoms with E-state index in [9.17, 15) is 4.39 Å². The van der Waals surface area contributed by atoms with Crippen LogP contribution in [0.25, 0.3) is 11.3 Å². The molecule has 0 unspecified atom stereocenters. The van der Waals surface area contributed by atoms with Crippen molar-refractivity contribution in [2.75, 3.05) is 0 Å². The van der Waals surface area contributed by atoms with Crippen LogP contribution in [0, 0.1) is 5.82 Å². The molecule has 0 fully saturated rings. The summed E-state index contributed by atoms with van der Waals surface area (Å²) in [5.41, 5.74) is 1.60. The molecular weight excluding hydrogens is 289 g/mol. The molecule has 1 heterocycles. The van der Waals surface area contributed by atoms with Crippen LogP contribution in [0.15, 0.2) is 28.1 Å². The molecule has 0 radical (unpaired) electrons. The Bertz CT molecular complexity index is 472. The number of aromatic nitrogens is 1. The second kappa shape index (κ2) is 3.96. The predicted molar refractivity (Wildman–Crippen MR) is 60.2 cm³/mol. The zero-order valence-electron chi connectivity index (χ0n) is 6.80. The van der Waals surface area contributed by atoms with Gasteiger partial charge in [-0.05, 0) is 34.1 Å². The Balaban J connectivity index is 2.52. The molecule has 0 saturated heterocycles. The molecule has 0 bridgehead atoms. The number of nitrogens with zero attached hydrogens (tertiary/aromatic N) is 1. The van der Waals surface area contributed by atoms with E-state index in [-0.39, 0.29) is 5.82 Å². The Morgan fingerprint density at radius 1 is 1.43 bits per heavy atom. The minimum Gasteiger partial charge on any atom is -0.225 e. The SMILES string of the molecule is Fc1ccc(-c2csc(Cl)n2)c(Br)c1. The van der Waals surface area contributed by atoms with E-state index >= 15 is 0 Å². The smallest absolute Gasteiger partial charge is 0.184 e. The average molecular weight is 293 g/mol. The zero-order valence-corrected chi connectivity index (χ0v) is 9.96. The summed E-state index contributed by atoms with van der Waals surface area (Å²) in [7, 11) is 0. The highest BCUT2D eigenvalue weighted by molar-refractivity contribution is 9.10. The highest BCUT2D eigenvalue weighted by atomic mass is 79.9. The van der Waals surface area contributed by atoms with Crippen molar-refractivity contribution >= 4 is 38.9 Å². The van der Waals surface area contributed by atoms with Crippen LogP contribution in [-0.2, 0) is 0 Å². The van der Waals surface area contributed by atoms with Gasteiger partial charge in [0.1, 0.15) is 5.82 Å². The molecule has 0 saturated carbocycles. The van der Waals surface area contributed by atoms with E-state index in [0.717, 1.165) is 11.3 Å². The zero-order chi connectivity index (χ0) is 10.1. The number of halogens is 3. The Morgan fingerprint density at radius 2 is 2.21 bits per heavy atom. The molecule has 0 spiro atoms. The summed E-state index contributed by atoms with van der Waals surface area (Å²) in [4.78, 5) is 4.10. The van der Waals surface area contributed by atoms with Gasteiger partial charge in [-0.25, -0.2) is 9.37 Å². The number of rotatable bonds is 1. The van der Waals surface area contributed by atoms with Gasteiger partial charge in [-0.15, -0.1) is 11.3 Å². The third kappa shape index (κ3) is 1.97. The van der Waals surface area contributed by atoms with Gasteiger partial charge >= 0.3 is 0 Å². The fraction of sp³-hybridized carbons (Fsp3) is 0. The Hall–Kier alpha value is -0.450. The summed E-state index contributed by atoms with van der Waals surface area (Å²) >= 11 is 10.3. The number of hydrogen-bond acceptors (Lipinski definition) is 2. The van der Waals surface area contributed by atoms with Gasteiger partial charge < -0.3 is 0 Å². The van der Waals surface area contributed by atoms with E-state index in [1.54, 1.807) is 6.07 Å². The summed E-state index contributed by atoms with van der Waals surface area (Å²) in [6.45, 7) is 0. The van der Waals surface area contributed by atoms with Crippen molar-refractivity contribution in [1.29, 1.82) is 0 Å². The van der Waals surface area contributed by atoms with Gasteiger partial charge in [-0.2, -0.15) is 0 Å². The first-order valence-electron chi connectivity index (χ1n) is 3.73. The van der Waals surface area contributed by atoms with Crippen LogP contribution in [0.4, 0.5) is 4.39 Å². The Labute approximate surface area is 97.7 Å². The summed E-state index contributed by atoms with van der Waals surface area (Å²) in [5.74, 6) is -0.276. The second-order valence-electron chi connectivity index (χ2n) is 2.61. The van der Waals surface area contributed by atoms with Gasteiger partial charge in [-0.1, -0.05) is 11.6 Å². The van der Waals surface area contributed by atoms with Crippen LogP contribution in [0.1, 0.15) is 0 Å². The standard InChI is InChI=1S/C9H4BrClFNS/c10-7-3-5(12)1-2-6(7)8-4-14-9(11)13-8/h1-4H. The van der Waals surface area contributed by atoms with Crippen molar-refractivity contribution in [3.05, 3.63) is 38.3 Å². The normalized spacial score (nSPS) is 10.5. The van der Waals surface area contributed by atoms with Gasteiger partial charge in [0.05, 0.1) is 5.69 Å². The highest BCUT2D eigenvalue weighted by Crippen LogP contribution is 2.30. The lowest BCUT2D eigenvalue weighted by Gasteiger charge is -1.99. The maximum atomic E-state index is 12.8. The van der Waals surface area contributed by atoms with Crippen molar-refractivity contribution in [2.24, 2.45) is 0 Å². The summed E-state index contributed by atoms with van der Waals surface area (Å²) in [5, 5.41) is 1.83. The van der Waals surface area contributed by atoms with Crippen LogP contribution in [0.5, 0.6) is 0 Å². The van der Waals surface area contributed by atoms with E-state index in [0.29, 0.717) is 8.94 Å². The molecule has 0 N–H and O–H groups in total. The van der Waals surface area contributed by atoms with Gasteiger partial charge in [0.2, 0.25) is 0 Å². The van der Waals surface area contributed by atoms with E-state index in [1.165, 1.54) is 23.5 Å². The monoisotopic (exact) mass is 291 g/mol. The molecule has 0 atom stereocenters. The molecule has 0 aliphatic rings. The number of benzene rings is 1. The molecule has 1 nitrogen and oxygen atoms in total. The molecule has 0 aliphatic heterocycles. The lowest BCUT2D eigenvalue weighted by atomic mass is 10.2. The van der Waals surface area contributed by atoms with Gasteiger partial charge in [0.15, 0.2) is 4.47 Å². The van der Waals surface area contributed by atoms with Crippen molar-refractivity contribution in [1.82, 2.24) is 4.98 Å². The molecule has 2 rings (SSSR count). The maximum absolute atomic E-state index is 12.8. The van der Waals surface area contributed by atoms with Crippen LogP contribution >= 0.6 is 38.9 Å². The lowest BCUT2D eigenvalue weighted by molar-refractivity contribution is 0.627. The Kier molecular flexibility index (Phi) is 2.85. The quantitative estimate of drug-likeness (QED) is 0.761. The molecule has 0 amide bonds. The van der Waals surface area contributed by atoms with Crippen molar-refractivity contribution in [3.63, 3.8) is 0 Å². The molecular formula is C9H4BrClFNS. The molecule has 72 valence electrons. The molecule has 0 aliphatic carbocycles. The van der Waals surface area contributed by atoms with Crippen LogP contribution in [0.3, 0.4) is 0 Å². The van der Waals surface area contributed by atoms with Crippen molar-refractivity contribution < 1.29 is 4.39 Å². The number of thiazole rings is 1. The van der Waals surface area contributed by atoms with E-state index < -0.39 is 0 Å². The van der Waals surface area contributed by atoms with Crippen LogP contribution in [0.2, 0.25) is 4.47 Å². The van der Waals surface area contributed by atoms with E-state index in [1.807, 2.05) is 5.38 Å². The fourth-order valence-electron chi connectivity index (χ4n) is 1.07. The molecule has 5 heteroatoms. The molecule has 1 aromatic heterocycles. The van der Waals surface area contributed by atoms with Gasteiger partial charge in [0, 0.05) is 15.4 Å². The first-order valence-corrected chi connectivity index (χ1v) is 5.78. The molecule has 1 aromatic carbocycles. The highest BCUT2D eigenvalue weighted by Gasteiger charge is 2.07.